The van der Waals surface area contributed by atoms with Crippen LogP contribution in [-0.2, 0) is 11.8 Å². The van der Waals surface area contributed by atoms with Crippen LogP contribution in [0, 0.1) is 5.92 Å². The lowest BCUT2D eigenvalue weighted by Gasteiger charge is -2.34. The number of hydrogen-bond donors (Lipinski definition) is 0. The summed E-state index contributed by atoms with van der Waals surface area (Å²) in [4.78, 5) is 29.3. The summed E-state index contributed by atoms with van der Waals surface area (Å²) < 4.78 is 1.76. The van der Waals surface area contributed by atoms with E-state index in [1.165, 1.54) is 0 Å². The number of aromatic nitrogens is 2. The van der Waals surface area contributed by atoms with Crippen LogP contribution in [0.5, 0.6) is 0 Å². The van der Waals surface area contributed by atoms with E-state index in [1.807, 2.05) is 67.4 Å². The van der Waals surface area contributed by atoms with E-state index in [0.29, 0.717) is 18.7 Å². The van der Waals surface area contributed by atoms with E-state index in [1.54, 1.807) is 4.68 Å². The predicted octanol–water partition coefficient (Wildman–Crippen LogP) is 2.81. The van der Waals surface area contributed by atoms with Crippen LogP contribution < -0.4 is 0 Å². The van der Waals surface area contributed by atoms with Crippen molar-refractivity contribution in [3.63, 3.8) is 0 Å². The Morgan fingerprint density at radius 2 is 1.85 bits per heavy atom. The third-order valence-corrected chi connectivity index (χ3v) is 5.30. The lowest BCUT2D eigenvalue weighted by molar-refractivity contribution is -0.136. The number of hydrogen-bond acceptors (Lipinski definition) is 3. The van der Waals surface area contributed by atoms with Crippen LogP contribution in [0.2, 0.25) is 0 Å². The molecule has 0 radical (unpaired) electrons. The monoisotopic (exact) mass is 368 g/mol. The highest BCUT2D eigenvalue weighted by molar-refractivity contribution is 5.95. The molecule has 0 aliphatic carbocycles. The average Bonchev–Trinajstić information content (AvgIpc) is 3.15. The quantitative estimate of drug-likeness (QED) is 0.815. The number of nitrogens with zero attached hydrogens (tertiary/aromatic N) is 4. The Bertz CT molecular complexity index is 793. The van der Waals surface area contributed by atoms with Gasteiger partial charge in [0.05, 0.1) is 12.1 Å². The van der Waals surface area contributed by atoms with Crippen molar-refractivity contribution in [3.05, 3.63) is 42.2 Å². The first kappa shape index (κ1) is 19.1. The van der Waals surface area contributed by atoms with Crippen LogP contribution in [0.3, 0.4) is 0 Å². The molecule has 0 spiro atoms. The van der Waals surface area contributed by atoms with Crippen LogP contribution in [0.4, 0.5) is 0 Å². The molecule has 1 aromatic heterocycles. The molecule has 0 bridgehead atoms. The van der Waals surface area contributed by atoms with E-state index >= 15 is 0 Å². The lowest BCUT2D eigenvalue weighted by atomic mass is 9.95. The van der Waals surface area contributed by atoms with Crippen molar-refractivity contribution in [1.29, 1.82) is 0 Å². The highest BCUT2D eigenvalue weighted by Crippen LogP contribution is 2.23. The Morgan fingerprint density at radius 1 is 1.15 bits per heavy atom. The molecule has 1 aliphatic heterocycles. The minimum atomic E-state index is -0.0859. The number of carbonyl (C=O) groups is 2. The van der Waals surface area contributed by atoms with E-state index in [9.17, 15) is 9.59 Å². The number of benzene rings is 1. The maximum atomic E-state index is 12.9. The fourth-order valence-electron chi connectivity index (χ4n) is 3.71. The molecule has 27 heavy (non-hydrogen) atoms. The van der Waals surface area contributed by atoms with Gasteiger partial charge < -0.3 is 9.80 Å². The highest BCUT2D eigenvalue weighted by atomic mass is 16.2. The summed E-state index contributed by atoms with van der Waals surface area (Å²) in [5.41, 5.74) is 2.73. The molecule has 6 heteroatoms. The SMILES string of the molecule is CCN(CC)C(=O)[C@@H]1CCCN(C(=O)c2ccc(-c3cnn(C)c3)cc2)C1. The summed E-state index contributed by atoms with van der Waals surface area (Å²) in [6, 6.07) is 7.63. The van der Waals surface area contributed by atoms with Crippen molar-refractivity contribution in [2.45, 2.75) is 26.7 Å². The normalized spacial score (nSPS) is 17.0. The van der Waals surface area contributed by atoms with E-state index < -0.39 is 0 Å². The molecule has 0 saturated carbocycles. The minimum absolute atomic E-state index is 0.00443. The van der Waals surface area contributed by atoms with Gasteiger partial charge in [0.1, 0.15) is 0 Å². The van der Waals surface area contributed by atoms with Crippen LogP contribution >= 0.6 is 0 Å². The second-order valence-corrected chi connectivity index (χ2v) is 7.08. The van der Waals surface area contributed by atoms with Crippen molar-refractivity contribution in [2.24, 2.45) is 13.0 Å². The topological polar surface area (TPSA) is 58.4 Å². The average molecular weight is 368 g/mol. The number of aryl methyl sites for hydroxylation is 1. The third kappa shape index (κ3) is 4.21. The molecule has 2 heterocycles. The van der Waals surface area contributed by atoms with Gasteiger partial charge in [0, 0.05) is 50.6 Å². The highest BCUT2D eigenvalue weighted by Gasteiger charge is 2.30. The van der Waals surface area contributed by atoms with Gasteiger partial charge in [-0.1, -0.05) is 12.1 Å². The van der Waals surface area contributed by atoms with Crippen molar-refractivity contribution >= 4 is 11.8 Å². The molecule has 6 nitrogen and oxygen atoms in total. The van der Waals surface area contributed by atoms with Crippen molar-refractivity contribution in [3.8, 4) is 11.1 Å². The summed E-state index contributed by atoms with van der Waals surface area (Å²) >= 11 is 0. The van der Waals surface area contributed by atoms with E-state index in [-0.39, 0.29) is 17.7 Å². The predicted molar refractivity (Wildman–Crippen MR) is 105 cm³/mol. The molecule has 0 unspecified atom stereocenters. The Balaban J connectivity index is 1.69. The molecule has 144 valence electrons. The van der Waals surface area contributed by atoms with Gasteiger partial charge in [-0.2, -0.15) is 5.10 Å². The van der Waals surface area contributed by atoms with Crippen molar-refractivity contribution in [1.82, 2.24) is 19.6 Å². The van der Waals surface area contributed by atoms with Crippen LogP contribution in [0.1, 0.15) is 37.0 Å². The van der Waals surface area contributed by atoms with Gasteiger partial charge in [-0.3, -0.25) is 14.3 Å². The van der Waals surface area contributed by atoms with Gasteiger partial charge >= 0.3 is 0 Å². The van der Waals surface area contributed by atoms with Crippen LogP contribution in [0.15, 0.2) is 36.7 Å². The van der Waals surface area contributed by atoms with Gasteiger partial charge in [0.25, 0.3) is 5.91 Å². The molecule has 2 amide bonds. The second kappa shape index (κ2) is 8.37. The fourth-order valence-corrected chi connectivity index (χ4v) is 3.71. The van der Waals surface area contributed by atoms with Gasteiger partial charge in [-0.05, 0) is 44.4 Å². The smallest absolute Gasteiger partial charge is 0.253 e. The zero-order valence-corrected chi connectivity index (χ0v) is 16.4. The molecule has 1 fully saturated rings. The van der Waals surface area contributed by atoms with E-state index in [0.717, 1.165) is 37.1 Å². The largest absolute Gasteiger partial charge is 0.343 e. The van der Waals surface area contributed by atoms with Crippen LogP contribution in [0.25, 0.3) is 11.1 Å². The van der Waals surface area contributed by atoms with Crippen molar-refractivity contribution in [2.75, 3.05) is 26.2 Å². The van der Waals surface area contributed by atoms with Crippen molar-refractivity contribution < 1.29 is 9.59 Å². The zero-order chi connectivity index (χ0) is 19.4. The number of piperidine rings is 1. The summed E-state index contributed by atoms with van der Waals surface area (Å²) in [5.74, 6) is 0.0893. The molecule has 1 saturated heterocycles. The lowest BCUT2D eigenvalue weighted by Crippen LogP contribution is -2.46. The Labute approximate surface area is 160 Å². The first-order chi connectivity index (χ1) is 13.0. The second-order valence-electron chi connectivity index (χ2n) is 7.08. The molecule has 3 rings (SSSR count). The molecule has 1 atom stereocenters. The Kier molecular flexibility index (Phi) is 5.94. The summed E-state index contributed by atoms with van der Waals surface area (Å²) in [5, 5.41) is 4.18. The molecule has 1 aromatic carbocycles. The minimum Gasteiger partial charge on any atom is -0.343 e. The van der Waals surface area contributed by atoms with Gasteiger partial charge in [0.15, 0.2) is 0 Å². The summed E-state index contributed by atoms with van der Waals surface area (Å²) in [6.45, 7) is 6.66. The van der Waals surface area contributed by atoms with Gasteiger partial charge in [-0.25, -0.2) is 0 Å². The maximum absolute atomic E-state index is 12.9. The molecule has 2 aromatic rings. The van der Waals surface area contributed by atoms with E-state index in [2.05, 4.69) is 5.10 Å². The first-order valence-electron chi connectivity index (χ1n) is 9.70. The van der Waals surface area contributed by atoms with E-state index in [4.69, 9.17) is 0 Å². The molecule has 1 aliphatic rings. The molecular weight excluding hydrogens is 340 g/mol. The standard InChI is InChI=1S/C21H28N4O2/c1-4-24(5-2)21(27)18-7-6-12-25(15-18)20(26)17-10-8-16(9-11-17)19-13-22-23(3)14-19/h8-11,13-14,18H,4-7,12,15H2,1-3H3/t18-/m1/s1. The number of amides is 2. The fraction of sp³-hybridized carbons (Fsp3) is 0.476. The third-order valence-electron chi connectivity index (χ3n) is 5.30. The zero-order valence-electron chi connectivity index (χ0n) is 16.4. The molecule has 0 N–H and O–H groups in total. The maximum Gasteiger partial charge on any atom is 0.253 e. The van der Waals surface area contributed by atoms with Crippen LogP contribution in [-0.4, -0.2) is 57.6 Å². The number of rotatable bonds is 5. The summed E-state index contributed by atoms with van der Waals surface area (Å²) in [6.07, 6.45) is 5.49. The first-order valence-corrected chi connectivity index (χ1v) is 9.70. The number of carbonyl (C=O) groups excluding carboxylic acids is 2. The Morgan fingerprint density at radius 3 is 2.44 bits per heavy atom. The Hall–Kier alpha value is -2.63. The number of likely N-dealkylation sites (tertiary alicyclic amines) is 1. The van der Waals surface area contributed by atoms with Gasteiger partial charge in [-0.15, -0.1) is 0 Å². The molecular formula is C21H28N4O2. The van der Waals surface area contributed by atoms with Gasteiger partial charge in [0.2, 0.25) is 5.91 Å². The summed E-state index contributed by atoms with van der Waals surface area (Å²) in [7, 11) is 1.88.